The van der Waals surface area contributed by atoms with Gasteiger partial charge in [0, 0.05) is 4.88 Å². The standard InChI is InChI=1S/C13H13FOS/c1-9-6-11(8-16-9)13(2,15)10-4-3-5-12(14)7-10/h3-8,15H,1-2H3. The van der Waals surface area contributed by atoms with Crippen molar-refractivity contribution in [3.05, 3.63) is 57.5 Å². The largest absolute Gasteiger partial charge is 0.381 e. The second-order valence-corrected chi connectivity index (χ2v) is 5.14. The molecule has 1 N–H and O–H groups in total. The van der Waals surface area contributed by atoms with E-state index in [0.717, 1.165) is 10.4 Å². The zero-order chi connectivity index (χ0) is 11.8. The summed E-state index contributed by atoms with van der Waals surface area (Å²) in [5.41, 5.74) is 0.248. The third kappa shape index (κ3) is 2.01. The van der Waals surface area contributed by atoms with Crippen LogP contribution in [0.1, 0.15) is 22.9 Å². The van der Waals surface area contributed by atoms with E-state index in [1.165, 1.54) is 12.1 Å². The molecule has 1 aromatic heterocycles. The maximum absolute atomic E-state index is 13.1. The first-order chi connectivity index (χ1) is 7.50. The van der Waals surface area contributed by atoms with Crippen LogP contribution in [0, 0.1) is 12.7 Å². The Bertz CT molecular complexity index is 502. The summed E-state index contributed by atoms with van der Waals surface area (Å²) in [5, 5.41) is 12.3. The van der Waals surface area contributed by atoms with Crippen molar-refractivity contribution in [1.82, 2.24) is 0 Å². The summed E-state index contributed by atoms with van der Waals surface area (Å²) in [4.78, 5) is 1.13. The summed E-state index contributed by atoms with van der Waals surface area (Å²) in [6.45, 7) is 3.67. The minimum absolute atomic E-state index is 0.329. The summed E-state index contributed by atoms with van der Waals surface area (Å²) >= 11 is 1.58. The molecule has 1 aromatic carbocycles. The Labute approximate surface area is 98.2 Å². The fourth-order valence-electron chi connectivity index (χ4n) is 1.66. The van der Waals surface area contributed by atoms with E-state index in [1.54, 1.807) is 30.4 Å². The van der Waals surface area contributed by atoms with Crippen molar-refractivity contribution in [2.24, 2.45) is 0 Å². The van der Waals surface area contributed by atoms with Crippen molar-refractivity contribution in [3.63, 3.8) is 0 Å². The van der Waals surface area contributed by atoms with Crippen LogP contribution in [0.5, 0.6) is 0 Å². The van der Waals surface area contributed by atoms with Gasteiger partial charge in [-0.2, -0.15) is 0 Å². The Hall–Kier alpha value is -1.19. The number of thiophene rings is 1. The lowest BCUT2D eigenvalue weighted by atomic mass is 9.90. The molecule has 1 atom stereocenters. The monoisotopic (exact) mass is 236 g/mol. The van der Waals surface area contributed by atoms with Crippen molar-refractivity contribution in [2.45, 2.75) is 19.4 Å². The lowest BCUT2D eigenvalue weighted by Crippen LogP contribution is -2.22. The Morgan fingerprint density at radius 1 is 1.25 bits per heavy atom. The van der Waals surface area contributed by atoms with E-state index in [4.69, 9.17) is 0 Å². The van der Waals surface area contributed by atoms with E-state index in [9.17, 15) is 9.50 Å². The molecule has 0 fully saturated rings. The van der Waals surface area contributed by atoms with E-state index < -0.39 is 5.60 Å². The lowest BCUT2D eigenvalue weighted by Gasteiger charge is -2.23. The molecule has 84 valence electrons. The zero-order valence-corrected chi connectivity index (χ0v) is 10.0. The molecule has 0 aliphatic rings. The third-order valence-corrected chi connectivity index (χ3v) is 3.54. The van der Waals surface area contributed by atoms with Crippen LogP contribution in [0.15, 0.2) is 35.7 Å². The van der Waals surface area contributed by atoms with Crippen molar-refractivity contribution < 1.29 is 9.50 Å². The molecular weight excluding hydrogens is 223 g/mol. The van der Waals surface area contributed by atoms with Gasteiger partial charge in [-0.3, -0.25) is 0 Å². The molecule has 0 radical (unpaired) electrons. The molecule has 0 saturated heterocycles. The molecule has 0 amide bonds. The predicted molar refractivity (Wildman–Crippen MR) is 64.1 cm³/mol. The van der Waals surface area contributed by atoms with Gasteiger partial charge in [0.2, 0.25) is 0 Å². The van der Waals surface area contributed by atoms with Crippen LogP contribution in [0.25, 0.3) is 0 Å². The molecule has 0 aliphatic heterocycles. The van der Waals surface area contributed by atoms with E-state index in [2.05, 4.69) is 0 Å². The van der Waals surface area contributed by atoms with E-state index in [-0.39, 0.29) is 5.82 Å². The Kier molecular flexibility index (Phi) is 2.82. The van der Waals surface area contributed by atoms with Gasteiger partial charge < -0.3 is 5.11 Å². The number of aryl methyl sites for hydroxylation is 1. The minimum atomic E-state index is -1.13. The first kappa shape index (κ1) is 11.3. The molecule has 2 rings (SSSR count). The summed E-state index contributed by atoms with van der Waals surface area (Å²) in [7, 11) is 0. The maximum Gasteiger partial charge on any atom is 0.123 e. The Morgan fingerprint density at radius 2 is 2.00 bits per heavy atom. The van der Waals surface area contributed by atoms with Gasteiger partial charge in [-0.25, -0.2) is 4.39 Å². The van der Waals surface area contributed by atoms with Gasteiger partial charge in [0.25, 0.3) is 0 Å². The molecule has 0 aliphatic carbocycles. The average Bonchev–Trinajstić information content (AvgIpc) is 2.65. The topological polar surface area (TPSA) is 20.2 Å². The van der Waals surface area contributed by atoms with Crippen LogP contribution in [-0.4, -0.2) is 5.11 Å². The van der Waals surface area contributed by atoms with Crippen LogP contribution in [0.2, 0.25) is 0 Å². The van der Waals surface area contributed by atoms with E-state index >= 15 is 0 Å². The summed E-state index contributed by atoms with van der Waals surface area (Å²) in [6, 6.07) is 8.01. The quantitative estimate of drug-likeness (QED) is 0.846. The first-order valence-electron chi connectivity index (χ1n) is 5.04. The number of halogens is 1. The second kappa shape index (κ2) is 4.00. The number of aliphatic hydroxyl groups is 1. The molecule has 2 aromatic rings. The van der Waals surface area contributed by atoms with Crippen molar-refractivity contribution in [2.75, 3.05) is 0 Å². The molecule has 16 heavy (non-hydrogen) atoms. The van der Waals surface area contributed by atoms with Gasteiger partial charge in [0.05, 0.1) is 0 Å². The summed E-state index contributed by atoms with van der Waals surface area (Å²) in [5.74, 6) is -0.329. The highest BCUT2D eigenvalue weighted by Gasteiger charge is 2.26. The van der Waals surface area contributed by atoms with Crippen molar-refractivity contribution in [1.29, 1.82) is 0 Å². The predicted octanol–water partition coefficient (Wildman–Crippen LogP) is 3.45. The summed E-state index contributed by atoms with van der Waals surface area (Å²) in [6.07, 6.45) is 0. The van der Waals surface area contributed by atoms with E-state index in [0.29, 0.717) is 5.56 Å². The molecule has 0 spiro atoms. The number of benzene rings is 1. The third-order valence-electron chi connectivity index (χ3n) is 2.68. The summed E-state index contributed by atoms with van der Waals surface area (Å²) < 4.78 is 13.1. The molecule has 1 heterocycles. The normalized spacial score (nSPS) is 14.8. The second-order valence-electron chi connectivity index (χ2n) is 4.03. The number of hydrogen-bond acceptors (Lipinski definition) is 2. The highest BCUT2D eigenvalue weighted by molar-refractivity contribution is 7.10. The van der Waals surface area contributed by atoms with Crippen LogP contribution in [0.3, 0.4) is 0 Å². The Morgan fingerprint density at radius 3 is 2.56 bits per heavy atom. The SMILES string of the molecule is Cc1cc(C(C)(O)c2cccc(F)c2)cs1. The molecule has 0 saturated carbocycles. The van der Waals surface area contributed by atoms with Gasteiger partial charge >= 0.3 is 0 Å². The van der Waals surface area contributed by atoms with Gasteiger partial charge in [-0.05, 0) is 48.6 Å². The number of rotatable bonds is 2. The first-order valence-corrected chi connectivity index (χ1v) is 5.92. The van der Waals surface area contributed by atoms with Crippen LogP contribution in [-0.2, 0) is 5.60 Å². The van der Waals surface area contributed by atoms with Crippen molar-refractivity contribution >= 4 is 11.3 Å². The average molecular weight is 236 g/mol. The fourth-order valence-corrected chi connectivity index (χ4v) is 2.46. The minimum Gasteiger partial charge on any atom is -0.381 e. The van der Waals surface area contributed by atoms with Gasteiger partial charge in [0.1, 0.15) is 11.4 Å². The lowest BCUT2D eigenvalue weighted by molar-refractivity contribution is 0.102. The zero-order valence-electron chi connectivity index (χ0n) is 9.20. The molecule has 3 heteroatoms. The number of hydrogen-bond donors (Lipinski definition) is 1. The molecular formula is C13H13FOS. The molecule has 1 unspecified atom stereocenters. The van der Waals surface area contributed by atoms with Gasteiger partial charge in [-0.1, -0.05) is 12.1 Å². The van der Waals surface area contributed by atoms with Crippen molar-refractivity contribution in [3.8, 4) is 0 Å². The Balaban J connectivity index is 2.46. The molecule has 0 bridgehead atoms. The highest BCUT2D eigenvalue weighted by atomic mass is 32.1. The van der Waals surface area contributed by atoms with Gasteiger partial charge in [-0.15, -0.1) is 11.3 Å². The fraction of sp³-hybridized carbons (Fsp3) is 0.231. The van der Waals surface area contributed by atoms with E-state index in [1.807, 2.05) is 18.4 Å². The van der Waals surface area contributed by atoms with Crippen LogP contribution < -0.4 is 0 Å². The maximum atomic E-state index is 13.1. The van der Waals surface area contributed by atoms with Gasteiger partial charge in [0.15, 0.2) is 0 Å². The highest BCUT2D eigenvalue weighted by Crippen LogP contribution is 2.32. The van der Waals surface area contributed by atoms with Crippen LogP contribution in [0.4, 0.5) is 4.39 Å². The molecule has 1 nitrogen and oxygen atoms in total. The smallest absolute Gasteiger partial charge is 0.123 e. The van der Waals surface area contributed by atoms with Crippen LogP contribution >= 0.6 is 11.3 Å².